The van der Waals surface area contributed by atoms with E-state index < -0.39 is 0 Å². The standard InChI is InChI=1S/C19H15N3O2S/c1-2-24-19(23)13-7-9-15(10-8-13)21-12-14(11-20)18-22-16-5-3-4-6-17(16)25-18/h3-10,12,21H,2H2,1H3/b14-12-. The quantitative estimate of drug-likeness (QED) is 0.544. The number of esters is 1. The first-order chi connectivity index (χ1) is 12.2. The van der Waals surface area contributed by atoms with E-state index in [-0.39, 0.29) is 5.97 Å². The van der Waals surface area contributed by atoms with Gasteiger partial charge in [-0.15, -0.1) is 11.3 Å². The molecule has 0 amide bonds. The zero-order chi connectivity index (χ0) is 17.6. The molecule has 1 heterocycles. The number of ether oxygens (including phenoxy) is 1. The number of allylic oxidation sites excluding steroid dienone is 1. The van der Waals surface area contributed by atoms with Crippen LogP contribution >= 0.6 is 11.3 Å². The average molecular weight is 349 g/mol. The fraction of sp³-hybridized carbons (Fsp3) is 0.105. The highest BCUT2D eigenvalue weighted by atomic mass is 32.1. The lowest BCUT2D eigenvalue weighted by Crippen LogP contribution is -2.04. The van der Waals surface area contributed by atoms with Gasteiger partial charge in [0.2, 0.25) is 0 Å². The number of thiazole rings is 1. The minimum atomic E-state index is -0.350. The van der Waals surface area contributed by atoms with Crippen LogP contribution in [-0.2, 0) is 4.74 Å². The Bertz CT molecular complexity index is 935. The Balaban J connectivity index is 1.77. The number of hydrogen-bond acceptors (Lipinski definition) is 6. The number of nitriles is 1. The summed E-state index contributed by atoms with van der Waals surface area (Å²) in [6.07, 6.45) is 1.62. The first-order valence-electron chi connectivity index (χ1n) is 7.71. The number of carbonyl (C=O) groups excluding carboxylic acids is 1. The van der Waals surface area contributed by atoms with Gasteiger partial charge in [0.05, 0.1) is 22.4 Å². The summed E-state index contributed by atoms with van der Waals surface area (Å²) in [6, 6.07) is 16.8. The van der Waals surface area contributed by atoms with Gasteiger partial charge in [0, 0.05) is 11.9 Å². The molecule has 0 bridgehead atoms. The Morgan fingerprint density at radius 1 is 1.28 bits per heavy atom. The monoisotopic (exact) mass is 349 g/mol. The van der Waals surface area contributed by atoms with Gasteiger partial charge in [0.15, 0.2) is 0 Å². The van der Waals surface area contributed by atoms with Crippen LogP contribution in [0.15, 0.2) is 54.7 Å². The summed E-state index contributed by atoms with van der Waals surface area (Å²) < 4.78 is 5.99. The highest BCUT2D eigenvalue weighted by Gasteiger charge is 2.09. The molecule has 1 N–H and O–H groups in total. The van der Waals surface area contributed by atoms with Crippen LogP contribution < -0.4 is 5.32 Å². The Morgan fingerprint density at radius 2 is 2.04 bits per heavy atom. The Hall–Kier alpha value is -3.17. The van der Waals surface area contributed by atoms with Crippen molar-refractivity contribution in [2.24, 2.45) is 0 Å². The predicted molar refractivity (Wildman–Crippen MR) is 99.2 cm³/mol. The van der Waals surface area contributed by atoms with Crippen molar-refractivity contribution in [2.45, 2.75) is 6.92 Å². The molecule has 3 rings (SSSR count). The van der Waals surface area contributed by atoms with Crippen LogP contribution in [0.2, 0.25) is 0 Å². The molecule has 0 unspecified atom stereocenters. The van der Waals surface area contributed by atoms with Crippen molar-refractivity contribution in [1.29, 1.82) is 5.26 Å². The molecular weight excluding hydrogens is 334 g/mol. The maximum Gasteiger partial charge on any atom is 0.338 e. The minimum Gasteiger partial charge on any atom is -0.462 e. The van der Waals surface area contributed by atoms with Gasteiger partial charge >= 0.3 is 5.97 Å². The number of nitrogens with one attached hydrogen (secondary N) is 1. The molecule has 0 spiro atoms. The van der Waals surface area contributed by atoms with Crippen LogP contribution in [0.1, 0.15) is 22.3 Å². The number of aromatic nitrogens is 1. The van der Waals surface area contributed by atoms with Crippen molar-refractivity contribution < 1.29 is 9.53 Å². The molecule has 6 heteroatoms. The number of benzene rings is 2. The molecule has 3 aromatic rings. The Labute approximate surface area is 149 Å². The largest absolute Gasteiger partial charge is 0.462 e. The number of nitrogens with zero attached hydrogens (tertiary/aromatic N) is 2. The highest BCUT2D eigenvalue weighted by molar-refractivity contribution is 7.19. The van der Waals surface area contributed by atoms with Crippen molar-refractivity contribution in [3.8, 4) is 6.07 Å². The number of rotatable bonds is 5. The van der Waals surface area contributed by atoms with Gasteiger partial charge in [-0.05, 0) is 43.3 Å². The third kappa shape index (κ3) is 3.84. The zero-order valence-electron chi connectivity index (χ0n) is 13.5. The fourth-order valence-electron chi connectivity index (χ4n) is 2.20. The molecule has 5 nitrogen and oxygen atoms in total. The molecule has 124 valence electrons. The van der Waals surface area contributed by atoms with Crippen molar-refractivity contribution in [3.05, 3.63) is 65.3 Å². The minimum absolute atomic E-state index is 0.343. The van der Waals surface area contributed by atoms with Crippen LogP contribution in [0.4, 0.5) is 5.69 Å². The zero-order valence-corrected chi connectivity index (χ0v) is 14.3. The number of hydrogen-bond donors (Lipinski definition) is 1. The highest BCUT2D eigenvalue weighted by Crippen LogP contribution is 2.26. The van der Waals surface area contributed by atoms with Gasteiger partial charge in [-0.1, -0.05) is 12.1 Å². The number of carbonyl (C=O) groups is 1. The summed E-state index contributed by atoms with van der Waals surface area (Å²) in [5.41, 5.74) is 2.59. The van der Waals surface area contributed by atoms with Gasteiger partial charge in [-0.2, -0.15) is 5.26 Å². The van der Waals surface area contributed by atoms with Crippen LogP contribution in [0, 0.1) is 11.3 Å². The topological polar surface area (TPSA) is 75.0 Å². The third-order valence-electron chi connectivity index (χ3n) is 3.42. The first kappa shape index (κ1) is 16.7. The van der Waals surface area contributed by atoms with Crippen molar-refractivity contribution in [3.63, 3.8) is 0 Å². The number of para-hydroxylation sites is 1. The first-order valence-corrected chi connectivity index (χ1v) is 8.53. The lowest BCUT2D eigenvalue weighted by molar-refractivity contribution is 0.0526. The summed E-state index contributed by atoms with van der Waals surface area (Å²) in [5.74, 6) is -0.350. The van der Waals surface area contributed by atoms with E-state index in [0.717, 1.165) is 15.9 Å². The molecule has 0 aliphatic heterocycles. The van der Waals surface area contributed by atoms with E-state index in [2.05, 4.69) is 16.4 Å². The van der Waals surface area contributed by atoms with E-state index in [0.29, 0.717) is 22.8 Å². The molecule has 0 atom stereocenters. The molecule has 25 heavy (non-hydrogen) atoms. The van der Waals surface area contributed by atoms with Crippen LogP contribution in [-0.4, -0.2) is 17.6 Å². The van der Waals surface area contributed by atoms with Crippen molar-refractivity contribution >= 4 is 38.8 Å². The van der Waals surface area contributed by atoms with Gasteiger partial charge in [0.1, 0.15) is 16.6 Å². The SMILES string of the molecule is CCOC(=O)c1ccc(N/C=C(/C#N)c2nc3ccccc3s2)cc1. The lowest BCUT2D eigenvalue weighted by Gasteiger charge is -2.04. The van der Waals surface area contributed by atoms with Gasteiger partial charge < -0.3 is 10.1 Å². The average Bonchev–Trinajstić information content (AvgIpc) is 3.07. The van der Waals surface area contributed by atoms with E-state index in [1.54, 1.807) is 37.4 Å². The number of fused-ring (bicyclic) bond motifs is 1. The molecule has 2 aromatic carbocycles. The second kappa shape index (κ2) is 7.60. The maximum absolute atomic E-state index is 11.6. The fourth-order valence-corrected chi connectivity index (χ4v) is 3.13. The van der Waals surface area contributed by atoms with E-state index in [1.807, 2.05) is 24.3 Å². The molecule has 1 aromatic heterocycles. The second-order valence-electron chi connectivity index (χ2n) is 5.10. The molecule has 0 radical (unpaired) electrons. The molecule has 0 aliphatic rings. The van der Waals surface area contributed by atoms with Gasteiger partial charge in [-0.3, -0.25) is 0 Å². The van der Waals surface area contributed by atoms with Crippen molar-refractivity contribution in [1.82, 2.24) is 4.98 Å². The number of anilines is 1. The van der Waals surface area contributed by atoms with Crippen LogP contribution in [0.25, 0.3) is 15.8 Å². The summed E-state index contributed by atoms with van der Waals surface area (Å²) in [4.78, 5) is 16.1. The Kier molecular flexibility index (Phi) is 5.07. The van der Waals surface area contributed by atoms with E-state index >= 15 is 0 Å². The predicted octanol–water partition coefficient (Wildman–Crippen LogP) is 4.45. The second-order valence-corrected chi connectivity index (χ2v) is 6.13. The molecule has 0 aliphatic carbocycles. The molecule has 0 fully saturated rings. The smallest absolute Gasteiger partial charge is 0.338 e. The maximum atomic E-state index is 11.6. The Morgan fingerprint density at radius 3 is 2.72 bits per heavy atom. The lowest BCUT2D eigenvalue weighted by atomic mass is 10.2. The molecule has 0 saturated carbocycles. The third-order valence-corrected chi connectivity index (χ3v) is 4.49. The normalized spacial score (nSPS) is 11.1. The summed E-state index contributed by atoms with van der Waals surface area (Å²) in [7, 11) is 0. The van der Waals surface area contributed by atoms with E-state index in [1.165, 1.54) is 11.3 Å². The molecular formula is C19H15N3O2S. The van der Waals surface area contributed by atoms with Gasteiger partial charge in [-0.25, -0.2) is 9.78 Å². The van der Waals surface area contributed by atoms with Crippen LogP contribution in [0.3, 0.4) is 0 Å². The molecule has 0 saturated heterocycles. The van der Waals surface area contributed by atoms with Crippen LogP contribution in [0.5, 0.6) is 0 Å². The van der Waals surface area contributed by atoms with Crippen molar-refractivity contribution in [2.75, 3.05) is 11.9 Å². The van der Waals surface area contributed by atoms with Gasteiger partial charge in [0.25, 0.3) is 0 Å². The van der Waals surface area contributed by atoms with E-state index in [4.69, 9.17) is 4.74 Å². The summed E-state index contributed by atoms with van der Waals surface area (Å²) in [6.45, 7) is 2.11. The van der Waals surface area contributed by atoms with E-state index in [9.17, 15) is 10.1 Å². The summed E-state index contributed by atoms with van der Waals surface area (Å²) >= 11 is 1.47. The summed E-state index contributed by atoms with van der Waals surface area (Å²) in [5, 5.41) is 13.1.